The summed E-state index contributed by atoms with van der Waals surface area (Å²) in [5.41, 5.74) is 13.1. The predicted octanol–water partition coefficient (Wildman–Crippen LogP) is 16.3. The average molecular weight is 922 g/mol. The van der Waals surface area contributed by atoms with Gasteiger partial charge >= 0.3 is 371 Å². The maximum atomic E-state index is 9.23. The predicted molar refractivity (Wildman–Crippen MR) is 267 cm³/mol. The van der Waals surface area contributed by atoms with Crippen LogP contribution in [0.1, 0.15) is 56.2 Å². The van der Waals surface area contributed by atoms with Crippen LogP contribution in [0, 0.1) is 0 Å². The van der Waals surface area contributed by atoms with Crippen molar-refractivity contribution in [3.63, 3.8) is 0 Å². The van der Waals surface area contributed by atoms with Crippen LogP contribution in [0.15, 0.2) is 187 Å². The topological polar surface area (TPSA) is 0 Å². The number of hydrogen-bond donors (Lipinski definition) is 0. The molecule has 0 aromatic heterocycles. The third-order valence-electron chi connectivity index (χ3n) is 14.4. The van der Waals surface area contributed by atoms with Crippen LogP contribution in [-0.4, -0.2) is 5.92 Å². The van der Waals surface area contributed by atoms with E-state index in [-0.39, 0.29) is 7.25 Å². The number of rotatable bonds is 8. The van der Waals surface area contributed by atoms with Crippen molar-refractivity contribution in [3.8, 4) is 22.3 Å². The Morgan fingerprint density at radius 2 is 0.803 bits per heavy atom. The van der Waals surface area contributed by atoms with Crippen LogP contribution in [0.25, 0.3) is 77.5 Å². The molecule has 3 unspecified atom stereocenters. The molecule has 2 aliphatic rings. The minimum atomic E-state index is -5.34. The Morgan fingerprint density at radius 3 is 1.18 bits per heavy atom. The van der Waals surface area contributed by atoms with Crippen LogP contribution in [0.4, 0.5) is 0 Å². The van der Waals surface area contributed by atoms with Gasteiger partial charge in [0.05, 0.1) is 0 Å². The molecule has 9 aromatic carbocycles. The molecule has 3 atom stereocenters. The molecule has 0 amide bonds. The summed E-state index contributed by atoms with van der Waals surface area (Å²) in [6.45, 7) is 7.14. The van der Waals surface area contributed by atoms with Gasteiger partial charge in [-0.2, -0.15) is 0 Å². The Kier molecular flexibility index (Phi) is 9.56. The Bertz CT molecular complexity index is 3000. The van der Waals surface area contributed by atoms with Crippen LogP contribution in [0.2, 0.25) is 6.55 Å². The van der Waals surface area contributed by atoms with E-state index in [0.29, 0.717) is 0 Å². The third-order valence-corrected chi connectivity index (χ3v) is 61.6. The van der Waals surface area contributed by atoms with Gasteiger partial charge in [-0.05, 0) is 0 Å². The normalized spacial score (nSPS) is 17.2. The third kappa shape index (κ3) is 5.86. The van der Waals surface area contributed by atoms with Gasteiger partial charge in [-0.1, -0.05) is 0 Å². The summed E-state index contributed by atoms with van der Waals surface area (Å²) in [6.07, 6.45) is 6.81. The van der Waals surface area contributed by atoms with Crippen molar-refractivity contribution in [2.45, 2.75) is 40.5 Å². The number of fused-ring (bicyclic) bond motifs is 6. The van der Waals surface area contributed by atoms with Crippen molar-refractivity contribution in [1.82, 2.24) is 0 Å². The quantitative estimate of drug-likeness (QED) is 0.105. The molecule has 11 rings (SSSR count). The molecular weight excluding hydrogens is 875 g/mol. The van der Waals surface area contributed by atoms with Crippen molar-refractivity contribution in [2.75, 3.05) is 0 Å². The second-order valence-corrected chi connectivity index (χ2v) is 57.6. The molecule has 0 nitrogen and oxygen atoms in total. The van der Waals surface area contributed by atoms with Crippen LogP contribution >= 0.6 is 17.0 Å². The van der Waals surface area contributed by atoms with E-state index in [1.165, 1.54) is 104 Å². The summed E-state index contributed by atoms with van der Waals surface area (Å²) in [5.74, 6) is -2.12. The monoisotopic (exact) mass is 919 g/mol. The van der Waals surface area contributed by atoms with Gasteiger partial charge in [0.25, 0.3) is 0 Å². The number of benzene rings is 9. The van der Waals surface area contributed by atoms with Gasteiger partial charge in [0.2, 0.25) is 0 Å². The molecule has 0 bridgehead atoms. The average Bonchev–Trinajstić information content (AvgIpc) is 3.91. The number of halogens is 2. The van der Waals surface area contributed by atoms with E-state index in [4.69, 9.17) is 0 Å². The zero-order valence-corrected chi connectivity index (χ0v) is 39.9. The molecule has 0 saturated heterocycles. The van der Waals surface area contributed by atoms with Crippen molar-refractivity contribution in [3.05, 3.63) is 209 Å². The molecule has 2 aliphatic carbocycles. The Labute approximate surface area is 368 Å². The van der Waals surface area contributed by atoms with Crippen molar-refractivity contribution >= 4 is 83.4 Å². The maximum absolute atomic E-state index is 9.23. The molecular formula is C57H47Cl2SiZr. The van der Waals surface area contributed by atoms with Gasteiger partial charge in [0, 0.05) is 0 Å². The van der Waals surface area contributed by atoms with Crippen molar-refractivity contribution < 1.29 is 15.6 Å². The number of hydrogen-bond acceptors (Lipinski definition) is 0. The summed E-state index contributed by atoms with van der Waals surface area (Å²) in [6, 6.07) is 65.3. The SMILES string of the molecule is CCC1=Cc2c(-c3c4ccccc4cc4ccccc34)cccc2[CH]1[Zr]([Cl])([Cl])([CH]1C(CC)=Cc2c(-c3c4ccccc4cc4ccccc34)cccc21)[SiH](C)c1ccccc1. The Balaban J connectivity index is 1.19. The van der Waals surface area contributed by atoms with Crippen LogP contribution in [0.3, 0.4) is 0 Å². The molecule has 4 heteroatoms. The standard InChI is InChI=1S/2C25H19.C7H9Si.2ClH.Zr/c2*1-2-17-14-18-10-7-13-23(24(18)15-17)25-21-11-5-3-8-19(21)16-20-9-4-6-12-22(20)25;1-8-7-5-3-2-4-6-7;;;/h2*3-16H,2H2,1H3;2-6,8H,1H3;2*1H;/q;;;;;+2/p-2. The summed E-state index contributed by atoms with van der Waals surface area (Å²) < 4.78 is -0.0819. The molecule has 0 spiro atoms. The fraction of sp³-hybridized carbons (Fsp3) is 0.123. The molecule has 61 heavy (non-hydrogen) atoms. The van der Waals surface area contributed by atoms with Crippen molar-refractivity contribution in [2.24, 2.45) is 0 Å². The fourth-order valence-electron chi connectivity index (χ4n) is 11.6. The van der Waals surface area contributed by atoms with Gasteiger partial charge in [-0.3, -0.25) is 0 Å². The van der Waals surface area contributed by atoms with Gasteiger partial charge in [0.1, 0.15) is 0 Å². The minimum absolute atomic E-state index is 0.0409. The van der Waals surface area contributed by atoms with E-state index in [9.17, 15) is 17.0 Å². The molecule has 0 N–H and O–H groups in total. The first-order valence-corrected chi connectivity index (χ1v) is 37.6. The fourth-order valence-corrected chi connectivity index (χ4v) is 52.6. The Hall–Kier alpha value is -4.82. The van der Waals surface area contributed by atoms with E-state index in [2.05, 4.69) is 208 Å². The molecule has 0 fully saturated rings. The van der Waals surface area contributed by atoms with E-state index >= 15 is 0 Å². The van der Waals surface area contributed by atoms with Crippen LogP contribution < -0.4 is 5.19 Å². The van der Waals surface area contributed by atoms with E-state index in [1.54, 1.807) is 0 Å². The zero-order valence-electron chi connectivity index (χ0n) is 34.8. The second-order valence-electron chi connectivity index (χ2n) is 17.4. The first-order chi connectivity index (χ1) is 29.8. The first kappa shape index (κ1) is 39.1. The number of allylic oxidation sites excluding steroid dienone is 2. The molecule has 297 valence electrons. The second kappa shape index (κ2) is 14.9. The molecule has 9 aromatic rings. The van der Waals surface area contributed by atoms with Crippen molar-refractivity contribution in [1.29, 1.82) is 0 Å². The Morgan fingerprint density at radius 1 is 0.443 bits per heavy atom. The van der Waals surface area contributed by atoms with Gasteiger partial charge in [-0.25, -0.2) is 0 Å². The van der Waals surface area contributed by atoms with E-state index in [1.807, 2.05) is 0 Å². The van der Waals surface area contributed by atoms with Gasteiger partial charge in [-0.15, -0.1) is 0 Å². The summed E-state index contributed by atoms with van der Waals surface area (Å²) in [7, 11) is 18.5. The van der Waals surface area contributed by atoms with E-state index < -0.39 is 21.5 Å². The van der Waals surface area contributed by atoms with E-state index in [0.717, 1.165) is 12.8 Å². The summed E-state index contributed by atoms with van der Waals surface area (Å²) >= 11 is -5.34. The molecule has 0 heterocycles. The molecule has 0 aliphatic heterocycles. The molecule has 0 saturated carbocycles. The summed E-state index contributed by atoms with van der Waals surface area (Å²) in [5, 5.41) is 11.5. The van der Waals surface area contributed by atoms with Gasteiger partial charge in [0.15, 0.2) is 0 Å². The summed E-state index contributed by atoms with van der Waals surface area (Å²) in [4.78, 5) is 0. The molecule has 0 radical (unpaired) electrons. The van der Waals surface area contributed by atoms with Crippen LogP contribution in [-0.2, 0) is 15.6 Å². The van der Waals surface area contributed by atoms with Crippen LogP contribution in [0.5, 0.6) is 0 Å². The zero-order chi connectivity index (χ0) is 41.5. The first-order valence-electron chi connectivity index (χ1n) is 21.9. The van der Waals surface area contributed by atoms with Gasteiger partial charge < -0.3 is 0 Å².